The molecule has 2 rings (SSSR count). The normalized spacial score (nSPS) is 12.2. The number of aromatic nitrogens is 1. The van der Waals surface area contributed by atoms with Gasteiger partial charge in [0, 0.05) is 17.3 Å². The number of pyridine rings is 1. The number of aryl methyl sites for hydroxylation is 1. The zero-order valence-corrected chi connectivity index (χ0v) is 12.4. The van der Waals surface area contributed by atoms with Gasteiger partial charge in [0.2, 0.25) is 0 Å². The number of benzene rings is 1. The van der Waals surface area contributed by atoms with E-state index >= 15 is 0 Å². The lowest BCUT2D eigenvalue weighted by molar-refractivity contribution is 0.317. The van der Waals surface area contributed by atoms with Crippen LogP contribution in [-0.2, 0) is 0 Å². The van der Waals surface area contributed by atoms with Crippen LogP contribution in [0, 0.1) is 6.92 Å². The van der Waals surface area contributed by atoms with Crippen molar-refractivity contribution in [1.82, 2.24) is 4.98 Å². The molecule has 0 bridgehead atoms. The second-order valence-corrected chi connectivity index (χ2v) is 5.04. The van der Waals surface area contributed by atoms with E-state index in [1.807, 2.05) is 44.2 Å². The zero-order chi connectivity index (χ0) is 14.5. The molecule has 0 radical (unpaired) electrons. The fourth-order valence-corrected chi connectivity index (χ4v) is 2.18. The number of hydrogen-bond donors (Lipinski definition) is 1. The summed E-state index contributed by atoms with van der Waals surface area (Å²) in [6, 6.07) is 12.1. The van der Waals surface area contributed by atoms with Gasteiger partial charge in [-0.2, -0.15) is 0 Å². The van der Waals surface area contributed by atoms with Gasteiger partial charge in [0.25, 0.3) is 0 Å². The van der Waals surface area contributed by atoms with Crippen molar-refractivity contribution in [2.24, 2.45) is 5.73 Å². The lowest BCUT2D eigenvalue weighted by atomic mass is 10.0. The summed E-state index contributed by atoms with van der Waals surface area (Å²) in [5.41, 5.74) is 10.0. The van der Waals surface area contributed by atoms with E-state index in [1.54, 1.807) is 0 Å². The Hall–Kier alpha value is -1.87. The van der Waals surface area contributed by atoms with E-state index in [9.17, 15) is 0 Å². The minimum Gasteiger partial charge on any atom is -0.494 e. The molecule has 0 saturated heterocycles. The first-order valence-electron chi connectivity index (χ1n) is 7.08. The maximum Gasteiger partial charge on any atom is 0.119 e. The van der Waals surface area contributed by atoms with Crippen molar-refractivity contribution in [3.05, 3.63) is 47.7 Å². The van der Waals surface area contributed by atoms with E-state index in [1.165, 1.54) is 0 Å². The van der Waals surface area contributed by atoms with Crippen LogP contribution in [0.2, 0.25) is 0 Å². The maximum atomic E-state index is 5.92. The van der Waals surface area contributed by atoms with Crippen LogP contribution in [0.15, 0.2) is 36.4 Å². The van der Waals surface area contributed by atoms with Gasteiger partial charge in [-0.05, 0) is 44.0 Å². The van der Waals surface area contributed by atoms with Crippen molar-refractivity contribution < 1.29 is 4.74 Å². The average Bonchev–Trinajstić information content (AvgIpc) is 2.45. The Kier molecular flexibility index (Phi) is 4.74. The van der Waals surface area contributed by atoms with Gasteiger partial charge in [0.1, 0.15) is 5.75 Å². The van der Waals surface area contributed by atoms with Crippen molar-refractivity contribution in [3.8, 4) is 17.0 Å². The van der Waals surface area contributed by atoms with Gasteiger partial charge in [-0.25, -0.2) is 0 Å². The van der Waals surface area contributed by atoms with Crippen molar-refractivity contribution in [2.45, 2.75) is 33.2 Å². The summed E-state index contributed by atoms with van der Waals surface area (Å²) in [6.45, 7) is 6.81. The van der Waals surface area contributed by atoms with Gasteiger partial charge in [0.05, 0.1) is 12.3 Å². The summed E-state index contributed by atoms with van der Waals surface area (Å²) in [5.74, 6) is 0.889. The highest BCUT2D eigenvalue weighted by Crippen LogP contribution is 2.24. The molecule has 2 N–H and O–H groups in total. The highest BCUT2D eigenvalue weighted by Gasteiger charge is 2.07. The van der Waals surface area contributed by atoms with Crippen LogP contribution in [0.1, 0.15) is 37.6 Å². The third kappa shape index (κ3) is 3.36. The predicted molar refractivity (Wildman–Crippen MR) is 82.8 cm³/mol. The fourth-order valence-electron chi connectivity index (χ4n) is 2.18. The molecule has 3 heteroatoms. The summed E-state index contributed by atoms with van der Waals surface area (Å²) in [7, 11) is 0. The van der Waals surface area contributed by atoms with Crippen LogP contribution in [-0.4, -0.2) is 11.6 Å². The Morgan fingerprint density at radius 1 is 1.25 bits per heavy atom. The minimum atomic E-state index is 0.00997. The summed E-state index contributed by atoms with van der Waals surface area (Å²) in [4.78, 5) is 4.65. The van der Waals surface area contributed by atoms with Crippen molar-refractivity contribution in [2.75, 3.05) is 6.61 Å². The Morgan fingerprint density at radius 3 is 2.70 bits per heavy atom. The Balaban J connectivity index is 2.29. The maximum absolute atomic E-state index is 5.92. The smallest absolute Gasteiger partial charge is 0.119 e. The number of ether oxygens (including phenoxy) is 1. The van der Waals surface area contributed by atoms with E-state index in [0.29, 0.717) is 0 Å². The minimum absolute atomic E-state index is 0.00997. The van der Waals surface area contributed by atoms with E-state index in [0.717, 1.165) is 41.3 Å². The van der Waals surface area contributed by atoms with Crippen molar-refractivity contribution in [3.63, 3.8) is 0 Å². The molecule has 0 saturated carbocycles. The lowest BCUT2D eigenvalue weighted by Gasteiger charge is -2.11. The first kappa shape index (κ1) is 14.5. The standard InChI is InChI=1S/C17H22N2O/c1-4-10-20-15-7-5-6-14(11-15)17-9-8-16(12(2)18)13(3)19-17/h5-9,11-12H,4,10,18H2,1-3H3. The van der Waals surface area contributed by atoms with Crippen LogP contribution >= 0.6 is 0 Å². The molecule has 0 amide bonds. The molecule has 0 spiro atoms. The van der Waals surface area contributed by atoms with Gasteiger partial charge in [-0.1, -0.05) is 25.1 Å². The van der Waals surface area contributed by atoms with Crippen LogP contribution < -0.4 is 10.5 Å². The summed E-state index contributed by atoms with van der Waals surface area (Å²) < 4.78 is 5.66. The SMILES string of the molecule is CCCOc1cccc(-c2ccc(C(C)N)c(C)n2)c1. The van der Waals surface area contributed by atoms with E-state index in [2.05, 4.69) is 18.0 Å². The van der Waals surface area contributed by atoms with Crippen LogP contribution in [0.4, 0.5) is 0 Å². The zero-order valence-electron chi connectivity index (χ0n) is 12.4. The molecule has 0 aliphatic rings. The third-order valence-corrected chi connectivity index (χ3v) is 3.22. The monoisotopic (exact) mass is 270 g/mol. The first-order valence-corrected chi connectivity index (χ1v) is 7.08. The molecule has 1 atom stereocenters. The lowest BCUT2D eigenvalue weighted by Crippen LogP contribution is -2.08. The van der Waals surface area contributed by atoms with Crippen LogP contribution in [0.25, 0.3) is 11.3 Å². The molecule has 1 unspecified atom stereocenters. The molecule has 20 heavy (non-hydrogen) atoms. The summed E-state index contributed by atoms with van der Waals surface area (Å²) in [6.07, 6.45) is 1.00. The number of nitrogens with zero attached hydrogens (tertiary/aromatic N) is 1. The van der Waals surface area contributed by atoms with Gasteiger partial charge >= 0.3 is 0 Å². The summed E-state index contributed by atoms with van der Waals surface area (Å²) >= 11 is 0. The molecule has 1 aromatic carbocycles. The number of nitrogens with two attached hydrogens (primary N) is 1. The van der Waals surface area contributed by atoms with E-state index in [-0.39, 0.29) is 6.04 Å². The molecular weight excluding hydrogens is 248 g/mol. The molecule has 1 heterocycles. The van der Waals surface area contributed by atoms with Crippen molar-refractivity contribution >= 4 is 0 Å². The highest BCUT2D eigenvalue weighted by atomic mass is 16.5. The molecule has 1 aromatic heterocycles. The largest absolute Gasteiger partial charge is 0.494 e. The van der Waals surface area contributed by atoms with Gasteiger partial charge in [-0.15, -0.1) is 0 Å². The Bertz CT molecular complexity index is 579. The fraction of sp³-hybridized carbons (Fsp3) is 0.353. The number of hydrogen-bond acceptors (Lipinski definition) is 3. The van der Waals surface area contributed by atoms with Gasteiger partial charge in [0.15, 0.2) is 0 Å². The first-order chi connectivity index (χ1) is 9.61. The highest BCUT2D eigenvalue weighted by molar-refractivity contribution is 5.61. The van der Waals surface area contributed by atoms with E-state index < -0.39 is 0 Å². The molecular formula is C17H22N2O. The summed E-state index contributed by atoms with van der Waals surface area (Å²) in [5, 5.41) is 0. The molecule has 0 fully saturated rings. The number of rotatable bonds is 5. The van der Waals surface area contributed by atoms with Crippen LogP contribution in [0.5, 0.6) is 5.75 Å². The van der Waals surface area contributed by atoms with Gasteiger partial charge in [-0.3, -0.25) is 4.98 Å². The quantitative estimate of drug-likeness (QED) is 0.897. The Labute approximate surface area is 120 Å². The second kappa shape index (κ2) is 6.53. The van der Waals surface area contributed by atoms with Crippen LogP contribution in [0.3, 0.4) is 0 Å². The predicted octanol–water partition coefficient (Wildman–Crippen LogP) is 3.87. The molecule has 0 aliphatic heterocycles. The topological polar surface area (TPSA) is 48.1 Å². The second-order valence-electron chi connectivity index (χ2n) is 5.04. The molecule has 106 valence electrons. The third-order valence-electron chi connectivity index (χ3n) is 3.22. The molecule has 0 aliphatic carbocycles. The van der Waals surface area contributed by atoms with Crippen molar-refractivity contribution in [1.29, 1.82) is 0 Å². The average molecular weight is 270 g/mol. The Morgan fingerprint density at radius 2 is 2.05 bits per heavy atom. The molecule has 2 aromatic rings. The van der Waals surface area contributed by atoms with Gasteiger partial charge < -0.3 is 10.5 Å². The molecule has 3 nitrogen and oxygen atoms in total. The van der Waals surface area contributed by atoms with E-state index in [4.69, 9.17) is 10.5 Å².